The Morgan fingerprint density at radius 1 is 1.32 bits per heavy atom. The summed E-state index contributed by atoms with van der Waals surface area (Å²) >= 11 is 0. The van der Waals surface area contributed by atoms with Crippen LogP contribution in [0.5, 0.6) is 0 Å². The number of hydrogen-bond donors (Lipinski definition) is 1. The van der Waals surface area contributed by atoms with Crippen LogP contribution in [-0.4, -0.2) is 47.2 Å². The summed E-state index contributed by atoms with van der Waals surface area (Å²) in [6.07, 6.45) is 4.40. The van der Waals surface area contributed by atoms with E-state index in [1.165, 1.54) is 7.11 Å². The minimum absolute atomic E-state index is 0.203. The highest BCUT2D eigenvalue weighted by Gasteiger charge is 2.23. The molecule has 0 aliphatic carbocycles. The fraction of sp³-hybridized carbons (Fsp3) is 0.500. The Bertz CT molecular complexity index is 498. The number of aromatic nitrogens is 2. The first kappa shape index (κ1) is 13.3. The highest BCUT2D eigenvalue weighted by molar-refractivity contribution is 6.00. The Hall–Kier alpha value is -2.18. The number of carboxylic acid groups (broad SMARTS) is 1. The fourth-order valence-corrected chi connectivity index (χ4v) is 2.03. The van der Waals surface area contributed by atoms with E-state index in [9.17, 15) is 9.59 Å². The second-order valence-corrected chi connectivity index (χ2v) is 4.28. The van der Waals surface area contributed by atoms with E-state index in [1.54, 1.807) is 0 Å². The average Bonchev–Trinajstić information content (AvgIpc) is 2.46. The van der Waals surface area contributed by atoms with Crippen molar-refractivity contribution < 1.29 is 19.4 Å². The largest absolute Gasteiger partial charge is 0.478 e. The van der Waals surface area contributed by atoms with Crippen LogP contribution in [0.2, 0.25) is 0 Å². The molecule has 1 aliphatic heterocycles. The number of carbonyl (C=O) groups is 2. The van der Waals surface area contributed by atoms with Crippen molar-refractivity contribution in [1.29, 1.82) is 0 Å². The topological polar surface area (TPSA) is 92.6 Å². The molecule has 0 radical (unpaired) electrons. The fourth-order valence-electron chi connectivity index (χ4n) is 2.03. The SMILES string of the molecule is COC(=O)c1nc(N2CCCCC2)ncc1C(=O)O. The monoisotopic (exact) mass is 265 g/mol. The molecule has 7 heteroatoms. The van der Waals surface area contributed by atoms with E-state index in [2.05, 4.69) is 14.7 Å². The molecule has 0 bridgehead atoms. The number of hydrogen-bond acceptors (Lipinski definition) is 6. The van der Waals surface area contributed by atoms with Crippen molar-refractivity contribution in [3.63, 3.8) is 0 Å². The van der Waals surface area contributed by atoms with E-state index in [0.717, 1.165) is 38.5 Å². The molecule has 0 spiro atoms. The van der Waals surface area contributed by atoms with Crippen molar-refractivity contribution in [2.45, 2.75) is 19.3 Å². The summed E-state index contributed by atoms with van der Waals surface area (Å²) in [5.74, 6) is -1.63. The molecule has 0 atom stereocenters. The van der Waals surface area contributed by atoms with Crippen LogP contribution < -0.4 is 4.90 Å². The van der Waals surface area contributed by atoms with Gasteiger partial charge in [-0.15, -0.1) is 0 Å². The second kappa shape index (κ2) is 5.64. The average molecular weight is 265 g/mol. The van der Waals surface area contributed by atoms with Gasteiger partial charge in [-0.1, -0.05) is 0 Å². The van der Waals surface area contributed by atoms with Gasteiger partial charge >= 0.3 is 11.9 Å². The van der Waals surface area contributed by atoms with Crippen LogP contribution in [-0.2, 0) is 4.74 Å². The third-order valence-corrected chi connectivity index (χ3v) is 3.02. The van der Waals surface area contributed by atoms with E-state index in [-0.39, 0.29) is 11.3 Å². The van der Waals surface area contributed by atoms with Gasteiger partial charge in [-0.2, -0.15) is 0 Å². The van der Waals surface area contributed by atoms with Crippen LogP contribution in [0.3, 0.4) is 0 Å². The minimum atomic E-state index is -1.24. The number of rotatable bonds is 3. The summed E-state index contributed by atoms with van der Waals surface area (Å²) < 4.78 is 4.56. The van der Waals surface area contributed by atoms with Gasteiger partial charge in [0, 0.05) is 19.3 Å². The maximum Gasteiger partial charge on any atom is 0.357 e. The molecule has 1 saturated heterocycles. The van der Waals surface area contributed by atoms with Gasteiger partial charge in [0.1, 0.15) is 5.56 Å². The quantitative estimate of drug-likeness (QED) is 0.813. The molecular weight excluding hydrogens is 250 g/mol. The minimum Gasteiger partial charge on any atom is -0.478 e. The lowest BCUT2D eigenvalue weighted by molar-refractivity contribution is 0.0575. The predicted octanol–water partition coefficient (Wildman–Crippen LogP) is 0.952. The first-order valence-corrected chi connectivity index (χ1v) is 6.07. The molecule has 2 heterocycles. The lowest BCUT2D eigenvalue weighted by Gasteiger charge is -2.26. The van der Waals surface area contributed by atoms with Crippen molar-refractivity contribution in [2.75, 3.05) is 25.1 Å². The van der Waals surface area contributed by atoms with Crippen molar-refractivity contribution in [1.82, 2.24) is 9.97 Å². The molecule has 1 aromatic heterocycles. The number of carbonyl (C=O) groups excluding carboxylic acids is 1. The number of esters is 1. The molecular formula is C12H15N3O4. The molecule has 102 valence electrons. The highest BCUT2D eigenvalue weighted by Crippen LogP contribution is 2.17. The zero-order valence-electron chi connectivity index (χ0n) is 10.6. The van der Waals surface area contributed by atoms with Gasteiger partial charge in [0.05, 0.1) is 7.11 Å². The van der Waals surface area contributed by atoms with E-state index in [0.29, 0.717) is 5.95 Å². The van der Waals surface area contributed by atoms with Crippen molar-refractivity contribution in [3.05, 3.63) is 17.5 Å². The van der Waals surface area contributed by atoms with E-state index < -0.39 is 11.9 Å². The Kier molecular flexibility index (Phi) is 3.94. The molecule has 1 aliphatic rings. The van der Waals surface area contributed by atoms with Crippen LogP contribution >= 0.6 is 0 Å². The van der Waals surface area contributed by atoms with Gasteiger partial charge in [-0.3, -0.25) is 0 Å². The summed E-state index contributed by atoms with van der Waals surface area (Å²) in [7, 11) is 1.19. The maximum atomic E-state index is 11.6. The molecule has 1 fully saturated rings. The number of methoxy groups -OCH3 is 1. The van der Waals surface area contributed by atoms with Crippen molar-refractivity contribution in [3.8, 4) is 0 Å². The number of ether oxygens (including phenoxy) is 1. The standard InChI is InChI=1S/C12H15N3O4/c1-19-11(18)9-8(10(16)17)7-13-12(14-9)15-5-3-2-4-6-15/h7H,2-6H2,1H3,(H,16,17). The van der Waals surface area contributed by atoms with Gasteiger partial charge in [0.2, 0.25) is 5.95 Å². The third kappa shape index (κ3) is 2.81. The smallest absolute Gasteiger partial charge is 0.357 e. The number of carboxylic acids is 1. The maximum absolute atomic E-state index is 11.6. The number of nitrogens with zero attached hydrogens (tertiary/aromatic N) is 3. The lowest BCUT2D eigenvalue weighted by Crippen LogP contribution is -2.31. The van der Waals surface area contributed by atoms with Crippen LogP contribution in [0.15, 0.2) is 6.20 Å². The van der Waals surface area contributed by atoms with Gasteiger partial charge in [0.15, 0.2) is 5.69 Å². The van der Waals surface area contributed by atoms with Crippen LogP contribution in [0.4, 0.5) is 5.95 Å². The number of anilines is 1. The van der Waals surface area contributed by atoms with Gasteiger partial charge in [-0.05, 0) is 19.3 Å². The molecule has 19 heavy (non-hydrogen) atoms. The Balaban J connectivity index is 2.36. The third-order valence-electron chi connectivity index (χ3n) is 3.02. The zero-order chi connectivity index (χ0) is 13.8. The Morgan fingerprint density at radius 2 is 2.00 bits per heavy atom. The lowest BCUT2D eigenvalue weighted by atomic mass is 10.1. The summed E-state index contributed by atoms with van der Waals surface area (Å²) in [6.45, 7) is 1.63. The van der Waals surface area contributed by atoms with E-state index in [1.807, 2.05) is 4.90 Å². The Morgan fingerprint density at radius 3 is 2.58 bits per heavy atom. The zero-order valence-corrected chi connectivity index (χ0v) is 10.6. The molecule has 7 nitrogen and oxygen atoms in total. The highest BCUT2D eigenvalue weighted by atomic mass is 16.5. The molecule has 0 aromatic carbocycles. The van der Waals surface area contributed by atoms with Crippen molar-refractivity contribution >= 4 is 17.9 Å². The molecule has 2 rings (SSSR count). The van der Waals surface area contributed by atoms with Crippen LogP contribution in [0, 0.1) is 0 Å². The van der Waals surface area contributed by atoms with Crippen LogP contribution in [0.25, 0.3) is 0 Å². The van der Waals surface area contributed by atoms with E-state index >= 15 is 0 Å². The Labute approximate surface area is 110 Å². The van der Waals surface area contributed by atoms with Crippen LogP contribution in [0.1, 0.15) is 40.1 Å². The number of piperidine rings is 1. The molecule has 0 unspecified atom stereocenters. The van der Waals surface area contributed by atoms with Gasteiger partial charge in [0.25, 0.3) is 0 Å². The summed E-state index contributed by atoms with van der Waals surface area (Å²) in [6, 6.07) is 0. The molecule has 1 aromatic rings. The van der Waals surface area contributed by atoms with Gasteiger partial charge < -0.3 is 14.7 Å². The normalized spacial score (nSPS) is 15.1. The first-order chi connectivity index (χ1) is 9.13. The van der Waals surface area contributed by atoms with Gasteiger partial charge in [-0.25, -0.2) is 19.6 Å². The summed E-state index contributed by atoms with van der Waals surface area (Å²) in [5, 5.41) is 9.01. The summed E-state index contributed by atoms with van der Waals surface area (Å²) in [5.41, 5.74) is -0.446. The molecule has 1 N–H and O–H groups in total. The van der Waals surface area contributed by atoms with Crippen molar-refractivity contribution in [2.24, 2.45) is 0 Å². The predicted molar refractivity (Wildman–Crippen MR) is 66.4 cm³/mol. The molecule has 0 saturated carbocycles. The first-order valence-electron chi connectivity index (χ1n) is 6.07. The van der Waals surface area contributed by atoms with E-state index in [4.69, 9.17) is 5.11 Å². The second-order valence-electron chi connectivity index (χ2n) is 4.28. The molecule has 0 amide bonds. The summed E-state index contributed by atoms with van der Waals surface area (Å²) in [4.78, 5) is 32.6. The number of aromatic carboxylic acids is 1.